The Morgan fingerprint density at radius 2 is 1.23 bits per heavy atom. The van der Waals surface area contributed by atoms with Crippen molar-refractivity contribution in [1.29, 1.82) is 10.5 Å². The standard InChI is InChI=1S/C25H24N4S2/c1-4-17(22-18(15-26)24(30-5-2)28-13-9-7-11-20(22)28)23-19(16-27)25(31-6-3)29-14-10-8-12-21(23)29/h7-14,17H,4-6H2,1-3H3. The zero-order chi connectivity index (χ0) is 22.0. The molecule has 31 heavy (non-hydrogen) atoms. The molecule has 0 aliphatic rings. The molecule has 4 rings (SSSR count). The number of hydrogen-bond acceptors (Lipinski definition) is 4. The molecule has 0 atom stereocenters. The maximum Gasteiger partial charge on any atom is 0.102 e. The fourth-order valence-corrected chi connectivity index (χ4v) is 6.18. The number of aromatic nitrogens is 2. The van der Waals surface area contributed by atoms with Crippen LogP contribution in [-0.2, 0) is 0 Å². The largest absolute Gasteiger partial charge is 0.310 e. The highest BCUT2D eigenvalue weighted by Gasteiger charge is 2.30. The number of nitriles is 2. The molecule has 156 valence electrons. The van der Waals surface area contributed by atoms with Gasteiger partial charge in [0, 0.05) is 29.4 Å². The second-order valence-electron chi connectivity index (χ2n) is 7.15. The van der Waals surface area contributed by atoms with E-state index in [4.69, 9.17) is 0 Å². The van der Waals surface area contributed by atoms with Crippen molar-refractivity contribution < 1.29 is 0 Å². The predicted molar refractivity (Wildman–Crippen MR) is 129 cm³/mol. The summed E-state index contributed by atoms with van der Waals surface area (Å²) < 4.78 is 4.27. The van der Waals surface area contributed by atoms with Crippen molar-refractivity contribution in [1.82, 2.24) is 8.80 Å². The molecular formula is C25H24N4S2. The van der Waals surface area contributed by atoms with Crippen LogP contribution in [0, 0.1) is 22.7 Å². The van der Waals surface area contributed by atoms with Gasteiger partial charge in [0.25, 0.3) is 0 Å². The highest BCUT2D eigenvalue weighted by molar-refractivity contribution is 7.99. The lowest BCUT2D eigenvalue weighted by Gasteiger charge is -2.16. The second-order valence-corrected chi connectivity index (χ2v) is 9.66. The smallest absolute Gasteiger partial charge is 0.102 e. The van der Waals surface area contributed by atoms with Crippen molar-refractivity contribution in [2.45, 2.75) is 43.2 Å². The summed E-state index contributed by atoms with van der Waals surface area (Å²) in [4.78, 5) is 0. The van der Waals surface area contributed by atoms with Crippen LogP contribution < -0.4 is 0 Å². The van der Waals surface area contributed by atoms with Crippen molar-refractivity contribution in [2.75, 3.05) is 11.5 Å². The van der Waals surface area contributed by atoms with Crippen LogP contribution >= 0.6 is 23.5 Å². The molecule has 4 nitrogen and oxygen atoms in total. The molecule has 0 amide bonds. The molecule has 0 radical (unpaired) electrons. The van der Waals surface area contributed by atoms with Crippen molar-refractivity contribution in [2.24, 2.45) is 0 Å². The molecule has 6 heteroatoms. The summed E-state index contributed by atoms with van der Waals surface area (Å²) >= 11 is 3.39. The average Bonchev–Trinajstić information content (AvgIpc) is 3.28. The third-order valence-electron chi connectivity index (χ3n) is 5.57. The molecule has 0 spiro atoms. The van der Waals surface area contributed by atoms with Gasteiger partial charge in [0.2, 0.25) is 0 Å². The zero-order valence-corrected chi connectivity index (χ0v) is 19.6. The fraction of sp³-hybridized carbons (Fsp3) is 0.280. The van der Waals surface area contributed by atoms with Gasteiger partial charge in [-0.25, -0.2) is 0 Å². The van der Waals surface area contributed by atoms with E-state index in [1.54, 1.807) is 23.5 Å². The zero-order valence-electron chi connectivity index (χ0n) is 17.9. The Kier molecular flexibility index (Phi) is 6.32. The SMILES string of the molecule is CCSc1c(C#N)c(C(CC)c2c(C#N)c(SCC)n3ccccc23)c2ccccn12. The van der Waals surface area contributed by atoms with Gasteiger partial charge in [0.1, 0.15) is 12.1 Å². The van der Waals surface area contributed by atoms with E-state index >= 15 is 0 Å². The Balaban J connectivity index is 2.10. The van der Waals surface area contributed by atoms with Crippen molar-refractivity contribution in [3.05, 3.63) is 71.0 Å². The van der Waals surface area contributed by atoms with Gasteiger partial charge in [-0.05, 0) is 42.2 Å². The lowest BCUT2D eigenvalue weighted by Crippen LogP contribution is -2.03. The van der Waals surface area contributed by atoms with Crippen molar-refractivity contribution in [3.8, 4) is 12.1 Å². The monoisotopic (exact) mass is 444 g/mol. The summed E-state index contributed by atoms with van der Waals surface area (Å²) in [5.41, 5.74) is 5.61. The molecule has 4 aromatic rings. The summed E-state index contributed by atoms with van der Waals surface area (Å²) in [5.74, 6) is 1.74. The first kappa shape index (κ1) is 21.4. The van der Waals surface area contributed by atoms with E-state index in [1.165, 1.54) is 0 Å². The maximum atomic E-state index is 10.2. The first-order valence-corrected chi connectivity index (χ1v) is 12.5. The van der Waals surface area contributed by atoms with Crippen LogP contribution in [-0.4, -0.2) is 20.3 Å². The third-order valence-corrected chi connectivity index (χ3v) is 7.49. The molecule has 0 fully saturated rings. The lowest BCUT2D eigenvalue weighted by atomic mass is 9.86. The quantitative estimate of drug-likeness (QED) is 0.298. The van der Waals surface area contributed by atoms with Gasteiger partial charge in [0.15, 0.2) is 0 Å². The van der Waals surface area contributed by atoms with E-state index in [0.717, 1.165) is 61.3 Å². The van der Waals surface area contributed by atoms with Gasteiger partial charge in [-0.1, -0.05) is 32.9 Å². The minimum Gasteiger partial charge on any atom is -0.310 e. The van der Waals surface area contributed by atoms with E-state index in [0.29, 0.717) is 0 Å². The first-order valence-electron chi connectivity index (χ1n) is 10.5. The Labute approximate surface area is 191 Å². The predicted octanol–water partition coefficient (Wildman–Crippen LogP) is 6.70. The highest BCUT2D eigenvalue weighted by Crippen LogP contribution is 2.44. The average molecular weight is 445 g/mol. The van der Waals surface area contributed by atoms with Crippen LogP contribution in [0.3, 0.4) is 0 Å². The first-order chi connectivity index (χ1) is 15.2. The topological polar surface area (TPSA) is 56.4 Å². The van der Waals surface area contributed by atoms with Crippen LogP contribution in [0.2, 0.25) is 0 Å². The summed E-state index contributed by atoms with van der Waals surface area (Å²) in [6, 6.07) is 17.2. The van der Waals surface area contributed by atoms with Gasteiger partial charge in [-0.3, -0.25) is 0 Å². The van der Waals surface area contributed by atoms with Crippen molar-refractivity contribution >= 4 is 34.6 Å². The van der Waals surface area contributed by atoms with Crippen LogP contribution in [0.1, 0.15) is 55.4 Å². The third kappa shape index (κ3) is 3.41. The molecule has 0 aromatic carbocycles. The summed E-state index contributed by atoms with van der Waals surface area (Å²) in [5, 5.41) is 22.4. The second kappa shape index (κ2) is 9.14. The molecule has 0 unspecified atom stereocenters. The van der Waals surface area contributed by atoms with Gasteiger partial charge < -0.3 is 8.80 Å². The van der Waals surface area contributed by atoms with Crippen molar-refractivity contribution in [3.63, 3.8) is 0 Å². The number of rotatable bonds is 7. The van der Waals surface area contributed by atoms with E-state index in [1.807, 2.05) is 36.7 Å². The van der Waals surface area contributed by atoms with Crippen LogP contribution in [0.25, 0.3) is 11.0 Å². The van der Waals surface area contributed by atoms with Crippen LogP contribution in [0.15, 0.2) is 58.8 Å². The molecule has 0 saturated heterocycles. The Hall–Kier alpha value is -2.80. The Morgan fingerprint density at radius 1 is 0.774 bits per heavy atom. The molecule has 4 aromatic heterocycles. The number of pyridine rings is 2. The maximum absolute atomic E-state index is 10.2. The molecular weight excluding hydrogens is 420 g/mol. The van der Waals surface area contributed by atoms with E-state index < -0.39 is 0 Å². The summed E-state index contributed by atoms with van der Waals surface area (Å²) in [7, 11) is 0. The van der Waals surface area contributed by atoms with Gasteiger partial charge in [0.05, 0.1) is 32.2 Å². The van der Waals surface area contributed by atoms with Crippen LogP contribution in [0.5, 0.6) is 0 Å². The summed E-state index contributed by atoms with van der Waals surface area (Å²) in [6.45, 7) is 6.36. The number of fused-ring (bicyclic) bond motifs is 2. The summed E-state index contributed by atoms with van der Waals surface area (Å²) in [6.07, 6.45) is 4.87. The minimum atomic E-state index is -0.0449. The van der Waals surface area contributed by atoms with Gasteiger partial charge in [-0.15, -0.1) is 23.5 Å². The van der Waals surface area contributed by atoms with Gasteiger partial charge >= 0.3 is 0 Å². The minimum absolute atomic E-state index is 0.0449. The molecule has 0 aliphatic heterocycles. The van der Waals surface area contributed by atoms with Gasteiger partial charge in [-0.2, -0.15) is 10.5 Å². The van der Waals surface area contributed by atoms with E-state index in [9.17, 15) is 10.5 Å². The van der Waals surface area contributed by atoms with E-state index in [-0.39, 0.29) is 5.92 Å². The Morgan fingerprint density at radius 3 is 1.58 bits per heavy atom. The molecule has 0 aliphatic carbocycles. The normalized spacial score (nSPS) is 11.3. The van der Waals surface area contributed by atoms with E-state index in [2.05, 4.69) is 53.8 Å². The fourth-order valence-electron chi connectivity index (χ4n) is 4.44. The highest BCUT2D eigenvalue weighted by atomic mass is 32.2. The molecule has 0 saturated carbocycles. The number of thioether (sulfide) groups is 2. The molecule has 4 heterocycles. The number of hydrogen-bond donors (Lipinski definition) is 0. The molecule has 0 bridgehead atoms. The lowest BCUT2D eigenvalue weighted by molar-refractivity contribution is 0.785. The Bertz CT molecular complexity index is 1230. The van der Waals surface area contributed by atoms with Crippen LogP contribution in [0.4, 0.5) is 0 Å². The number of nitrogens with zero attached hydrogens (tertiary/aromatic N) is 4. The molecule has 0 N–H and O–H groups in total.